The van der Waals surface area contributed by atoms with Crippen LogP contribution in [0.3, 0.4) is 0 Å². The number of ether oxygens (including phenoxy) is 1. The lowest BCUT2D eigenvalue weighted by Gasteiger charge is -2.25. The van der Waals surface area contributed by atoms with Gasteiger partial charge in [0.2, 0.25) is 0 Å². The van der Waals surface area contributed by atoms with Crippen molar-refractivity contribution >= 4 is 5.91 Å². The number of hydrogen-bond donors (Lipinski definition) is 0. The van der Waals surface area contributed by atoms with Crippen LogP contribution in [0.5, 0.6) is 5.75 Å². The Morgan fingerprint density at radius 1 is 0.963 bits per heavy atom. The van der Waals surface area contributed by atoms with E-state index in [4.69, 9.17) is 9.15 Å². The number of furan rings is 1. The second kappa shape index (κ2) is 9.08. The van der Waals surface area contributed by atoms with E-state index in [0.29, 0.717) is 18.8 Å². The van der Waals surface area contributed by atoms with Gasteiger partial charge in [-0.05, 0) is 48.7 Å². The van der Waals surface area contributed by atoms with Crippen LogP contribution in [0.2, 0.25) is 0 Å². The number of carbonyl (C=O) groups is 1. The summed E-state index contributed by atoms with van der Waals surface area (Å²) in [6, 6.07) is 21.5. The minimum Gasteiger partial charge on any atom is -0.481 e. The molecule has 0 saturated heterocycles. The summed E-state index contributed by atoms with van der Waals surface area (Å²) in [5, 5.41) is 0. The van der Waals surface area contributed by atoms with Crippen LogP contribution in [0.25, 0.3) is 0 Å². The van der Waals surface area contributed by atoms with Gasteiger partial charge in [-0.3, -0.25) is 4.79 Å². The van der Waals surface area contributed by atoms with Crippen LogP contribution in [-0.4, -0.2) is 16.9 Å². The predicted octanol–water partition coefficient (Wildman–Crippen LogP) is 4.84. The zero-order valence-corrected chi connectivity index (χ0v) is 15.8. The Bertz CT molecular complexity index is 826. The molecule has 1 heterocycles. The fourth-order valence-electron chi connectivity index (χ4n) is 2.92. The van der Waals surface area contributed by atoms with Gasteiger partial charge in [0, 0.05) is 6.54 Å². The molecule has 27 heavy (non-hydrogen) atoms. The summed E-state index contributed by atoms with van der Waals surface area (Å²) >= 11 is 0. The Kier molecular flexibility index (Phi) is 6.31. The van der Waals surface area contributed by atoms with Crippen LogP contribution >= 0.6 is 0 Å². The van der Waals surface area contributed by atoms with Crippen LogP contribution in [0.4, 0.5) is 0 Å². The molecule has 0 radical (unpaired) electrons. The van der Waals surface area contributed by atoms with E-state index in [-0.39, 0.29) is 5.91 Å². The van der Waals surface area contributed by atoms with Crippen molar-refractivity contribution in [1.29, 1.82) is 0 Å². The summed E-state index contributed by atoms with van der Waals surface area (Å²) < 4.78 is 11.3. The Morgan fingerprint density at radius 3 is 2.33 bits per heavy atom. The molecule has 1 aromatic heterocycles. The van der Waals surface area contributed by atoms with E-state index >= 15 is 0 Å². The highest BCUT2D eigenvalue weighted by Gasteiger charge is 2.23. The van der Waals surface area contributed by atoms with E-state index in [0.717, 1.165) is 17.7 Å². The van der Waals surface area contributed by atoms with Crippen LogP contribution in [0.15, 0.2) is 77.4 Å². The first kappa shape index (κ1) is 18.8. The molecular weight excluding hydrogens is 338 g/mol. The van der Waals surface area contributed by atoms with E-state index in [2.05, 4.69) is 6.92 Å². The molecule has 4 heteroatoms. The van der Waals surface area contributed by atoms with Gasteiger partial charge in [0.1, 0.15) is 11.5 Å². The number of nitrogens with zero attached hydrogens (tertiary/aromatic N) is 1. The lowest BCUT2D eigenvalue weighted by molar-refractivity contribution is -0.139. The number of amides is 1. The quantitative estimate of drug-likeness (QED) is 0.575. The van der Waals surface area contributed by atoms with Gasteiger partial charge < -0.3 is 14.1 Å². The molecule has 0 aliphatic rings. The molecule has 0 bridgehead atoms. The van der Waals surface area contributed by atoms with Gasteiger partial charge in [-0.2, -0.15) is 0 Å². The molecule has 0 saturated carbocycles. The maximum Gasteiger partial charge on any atom is 0.264 e. The summed E-state index contributed by atoms with van der Waals surface area (Å²) in [6.45, 7) is 4.81. The zero-order chi connectivity index (χ0) is 19.1. The molecule has 1 amide bonds. The molecule has 3 aromatic rings. The monoisotopic (exact) mass is 363 g/mol. The summed E-state index contributed by atoms with van der Waals surface area (Å²) in [5.74, 6) is 1.37. The molecule has 4 nitrogen and oxygen atoms in total. The maximum atomic E-state index is 13.1. The van der Waals surface area contributed by atoms with Gasteiger partial charge in [0.05, 0.1) is 12.8 Å². The lowest BCUT2D eigenvalue weighted by atomic mass is 10.1. The Balaban J connectivity index is 1.71. The molecule has 1 unspecified atom stereocenters. The fraction of sp³-hybridized carbons (Fsp3) is 0.261. The third-order valence-corrected chi connectivity index (χ3v) is 4.45. The Morgan fingerprint density at radius 2 is 1.70 bits per heavy atom. The van der Waals surface area contributed by atoms with Crippen molar-refractivity contribution in [2.24, 2.45) is 0 Å². The first-order valence-corrected chi connectivity index (χ1v) is 9.26. The largest absolute Gasteiger partial charge is 0.481 e. The standard InChI is InChI=1S/C23H25NO3/c1-3-19-11-13-21(14-12-19)27-18(2)23(25)24(17-22-10-7-15-26-22)16-20-8-5-4-6-9-20/h4-15,18H,3,16-17H2,1-2H3. The normalized spacial score (nSPS) is 11.8. The van der Waals surface area contributed by atoms with E-state index in [9.17, 15) is 4.79 Å². The first-order chi connectivity index (χ1) is 13.2. The number of carbonyl (C=O) groups excluding carboxylic acids is 1. The van der Waals surface area contributed by atoms with Crippen LogP contribution in [0.1, 0.15) is 30.7 Å². The maximum absolute atomic E-state index is 13.1. The summed E-state index contributed by atoms with van der Waals surface area (Å²) in [7, 11) is 0. The molecular formula is C23H25NO3. The summed E-state index contributed by atoms with van der Waals surface area (Å²) in [5.41, 5.74) is 2.31. The molecule has 0 aliphatic heterocycles. The third-order valence-electron chi connectivity index (χ3n) is 4.45. The van der Waals surface area contributed by atoms with Gasteiger partial charge in [0.25, 0.3) is 5.91 Å². The van der Waals surface area contributed by atoms with Crippen LogP contribution in [0, 0.1) is 0 Å². The first-order valence-electron chi connectivity index (χ1n) is 9.26. The fourth-order valence-corrected chi connectivity index (χ4v) is 2.92. The average Bonchev–Trinajstić information content (AvgIpc) is 3.21. The van der Waals surface area contributed by atoms with E-state index in [1.807, 2.05) is 66.7 Å². The summed E-state index contributed by atoms with van der Waals surface area (Å²) in [4.78, 5) is 14.8. The van der Waals surface area contributed by atoms with Crippen molar-refractivity contribution in [2.75, 3.05) is 0 Å². The molecule has 140 valence electrons. The van der Waals surface area contributed by atoms with Gasteiger partial charge in [-0.25, -0.2) is 0 Å². The highest BCUT2D eigenvalue weighted by atomic mass is 16.5. The molecule has 0 fully saturated rings. The predicted molar refractivity (Wildman–Crippen MR) is 105 cm³/mol. The zero-order valence-electron chi connectivity index (χ0n) is 15.8. The second-order valence-electron chi connectivity index (χ2n) is 6.52. The van der Waals surface area contributed by atoms with Crippen molar-refractivity contribution < 1.29 is 13.9 Å². The number of aryl methyl sites for hydroxylation is 1. The topological polar surface area (TPSA) is 42.7 Å². The van der Waals surface area contributed by atoms with E-state index in [1.165, 1.54) is 5.56 Å². The Hall–Kier alpha value is -3.01. The van der Waals surface area contributed by atoms with Gasteiger partial charge in [0.15, 0.2) is 6.10 Å². The van der Waals surface area contributed by atoms with Crippen LogP contribution in [-0.2, 0) is 24.3 Å². The number of benzene rings is 2. The van der Waals surface area contributed by atoms with Crippen molar-refractivity contribution in [3.8, 4) is 5.75 Å². The molecule has 3 rings (SSSR count). The van der Waals surface area contributed by atoms with Gasteiger partial charge >= 0.3 is 0 Å². The number of hydrogen-bond acceptors (Lipinski definition) is 3. The van der Waals surface area contributed by atoms with Crippen molar-refractivity contribution in [3.05, 3.63) is 89.9 Å². The van der Waals surface area contributed by atoms with Gasteiger partial charge in [-0.1, -0.05) is 49.4 Å². The Labute approximate surface area is 160 Å². The highest BCUT2D eigenvalue weighted by Crippen LogP contribution is 2.17. The lowest BCUT2D eigenvalue weighted by Crippen LogP contribution is -2.39. The molecule has 2 aromatic carbocycles. The number of rotatable bonds is 8. The smallest absolute Gasteiger partial charge is 0.264 e. The molecule has 0 aliphatic carbocycles. The van der Waals surface area contributed by atoms with E-state index in [1.54, 1.807) is 18.1 Å². The van der Waals surface area contributed by atoms with Crippen LogP contribution < -0.4 is 4.74 Å². The molecule has 0 spiro atoms. The average molecular weight is 363 g/mol. The minimum absolute atomic E-state index is 0.0742. The molecule has 0 N–H and O–H groups in total. The highest BCUT2D eigenvalue weighted by molar-refractivity contribution is 5.80. The summed E-state index contributed by atoms with van der Waals surface area (Å²) in [6.07, 6.45) is 2.01. The third kappa shape index (κ3) is 5.23. The molecule has 1 atom stereocenters. The second-order valence-corrected chi connectivity index (χ2v) is 6.52. The van der Waals surface area contributed by atoms with Crippen molar-refractivity contribution in [2.45, 2.75) is 39.5 Å². The van der Waals surface area contributed by atoms with Crippen molar-refractivity contribution in [1.82, 2.24) is 4.90 Å². The van der Waals surface area contributed by atoms with Gasteiger partial charge in [-0.15, -0.1) is 0 Å². The SMILES string of the molecule is CCc1ccc(OC(C)C(=O)N(Cc2ccccc2)Cc2ccco2)cc1. The van der Waals surface area contributed by atoms with E-state index < -0.39 is 6.10 Å². The minimum atomic E-state index is -0.587. The van der Waals surface area contributed by atoms with Crippen molar-refractivity contribution in [3.63, 3.8) is 0 Å².